The van der Waals surface area contributed by atoms with E-state index in [1.807, 2.05) is 12.1 Å². The molecule has 1 saturated heterocycles. The van der Waals surface area contributed by atoms with Crippen LogP contribution in [0.3, 0.4) is 0 Å². The van der Waals surface area contributed by atoms with Crippen LogP contribution in [0.1, 0.15) is 12.8 Å². The highest BCUT2D eigenvalue weighted by Gasteiger charge is 2.27. The summed E-state index contributed by atoms with van der Waals surface area (Å²) in [5.41, 5.74) is 1.90. The summed E-state index contributed by atoms with van der Waals surface area (Å²) in [6, 6.07) is 10.1. The molecule has 1 N–H and O–H groups in total. The Bertz CT molecular complexity index is 1050. The number of hydrogen-bond acceptors (Lipinski definition) is 5. The Morgan fingerprint density at radius 3 is 2.87 bits per heavy atom. The number of H-pyrrole nitrogens is 1. The van der Waals surface area contributed by atoms with Gasteiger partial charge in [-0.25, -0.2) is 9.97 Å². The van der Waals surface area contributed by atoms with Crippen LogP contribution in [0.5, 0.6) is 5.75 Å². The number of carbonyl (C=O) groups is 1. The van der Waals surface area contributed by atoms with E-state index in [1.165, 1.54) is 12.1 Å². The lowest BCUT2D eigenvalue weighted by molar-refractivity contribution is -0.133. The van der Waals surface area contributed by atoms with Gasteiger partial charge in [0.05, 0.1) is 5.92 Å². The Balaban J connectivity index is 1.58. The van der Waals surface area contributed by atoms with E-state index >= 15 is 0 Å². The topological polar surface area (TPSA) is 74.3 Å². The van der Waals surface area contributed by atoms with E-state index < -0.39 is 6.61 Å². The van der Waals surface area contributed by atoms with E-state index in [0.717, 1.165) is 25.2 Å². The van der Waals surface area contributed by atoms with Gasteiger partial charge in [-0.3, -0.25) is 4.79 Å². The number of hydrogen-bond donors (Lipinski definition) is 1. The summed E-state index contributed by atoms with van der Waals surface area (Å²) in [7, 11) is 3.55. The monoisotopic (exact) mass is 415 g/mol. The Morgan fingerprint density at radius 2 is 2.10 bits per heavy atom. The number of imidazole rings is 1. The van der Waals surface area contributed by atoms with E-state index in [2.05, 4.69) is 24.6 Å². The number of pyridine rings is 1. The van der Waals surface area contributed by atoms with Gasteiger partial charge in [0.15, 0.2) is 5.65 Å². The molecule has 30 heavy (non-hydrogen) atoms. The highest BCUT2D eigenvalue weighted by atomic mass is 19.3. The van der Waals surface area contributed by atoms with Crippen molar-refractivity contribution in [3.63, 3.8) is 0 Å². The first-order valence-corrected chi connectivity index (χ1v) is 9.79. The van der Waals surface area contributed by atoms with E-state index in [0.29, 0.717) is 29.1 Å². The van der Waals surface area contributed by atoms with E-state index in [1.54, 1.807) is 31.1 Å². The van der Waals surface area contributed by atoms with E-state index in [4.69, 9.17) is 0 Å². The smallest absolute Gasteiger partial charge is 0.387 e. The fourth-order valence-corrected chi connectivity index (χ4v) is 3.77. The molecule has 3 aromatic rings. The third kappa shape index (κ3) is 4.19. The second-order valence-electron chi connectivity index (χ2n) is 7.55. The van der Waals surface area contributed by atoms with Gasteiger partial charge in [0.2, 0.25) is 5.91 Å². The van der Waals surface area contributed by atoms with Crippen LogP contribution in [0.4, 0.5) is 14.6 Å². The molecular weight excluding hydrogens is 392 g/mol. The van der Waals surface area contributed by atoms with Gasteiger partial charge in [-0.1, -0.05) is 12.1 Å². The summed E-state index contributed by atoms with van der Waals surface area (Å²) in [6.45, 7) is -1.42. The minimum atomic E-state index is -2.88. The number of ether oxygens (including phenoxy) is 1. The number of halogens is 2. The summed E-state index contributed by atoms with van der Waals surface area (Å²) in [6.07, 6.45) is 1.80. The number of rotatable bonds is 5. The number of nitrogens with zero attached hydrogens (tertiary/aromatic N) is 4. The van der Waals surface area contributed by atoms with Crippen LogP contribution in [0, 0.1) is 5.92 Å². The zero-order valence-corrected chi connectivity index (χ0v) is 16.8. The minimum Gasteiger partial charge on any atom is -0.435 e. The van der Waals surface area contributed by atoms with Crippen LogP contribution in [0.25, 0.3) is 22.6 Å². The lowest BCUT2D eigenvalue weighted by atomic mass is 9.97. The first kappa shape index (κ1) is 20.1. The van der Waals surface area contributed by atoms with Gasteiger partial charge in [-0.2, -0.15) is 8.78 Å². The number of nitrogens with one attached hydrogen (secondary N) is 1. The Morgan fingerprint density at radius 1 is 1.27 bits per heavy atom. The van der Waals surface area contributed by atoms with Gasteiger partial charge in [0, 0.05) is 32.7 Å². The molecule has 9 heteroatoms. The summed E-state index contributed by atoms with van der Waals surface area (Å²) in [5, 5.41) is 0. The number of carbonyl (C=O) groups excluding carboxylic acids is 1. The average molecular weight is 415 g/mol. The van der Waals surface area contributed by atoms with E-state index in [-0.39, 0.29) is 17.6 Å². The molecule has 1 unspecified atom stereocenters. The zero-order chi connectivity index (χ0) is 21.3. The summed E-state index contributed by atoms with van der Waals surface area (Å²) in [5.74, 6) is 1.47. The van der Waals surface area contributed by atoms with Gasteiger partial charge in [0.25, 0.3) is 0 Å². The van der Waals surface area contributed by atoms with Crippen LogP contribution >= 0.6 is 0 Å². The van der Waals surface area contributed by atoms with Crippen molar-refractivity contribution in [1.82, 2.24) is 19.9 Å². The molecule has 0 radical (unpaired) electrons. The molecule has 0 saturated carbocycles. The number of anilines is 1. The van der Waals surface area contributed by atoms with Gasteiger partial charge in [0.1, 0.15) is 22.9 Å². The third-order valence-electron chi connectivity index (χ3n) is 5.20. The van der Waals surface area contributed by atoms with Crippen LogP contribution in [-0.4, -0.2) is 59.6 Å². The first-order chi connectivity index (χ1) is 14.4. The SMILES string of the molecule is CN(C)C(=O)C1CCCN(c2ccc3nc(-c4cccc(OC(F)F)c4)[nH]c3n2)C1. The Kier molecular flexibility index (Phi) is 5.52. The summed E-state index contributed by atoms with van der Waals surface area (Å²) in [4.78, 5) is 28.5. The number of aromatic amines is 1. The predicted octanol–water partition coefficient (Wildman–Crippen LogP) is 3.53. The molecule has 7 nitrogen and oxygen atoms in total. The van der Waals surface area contributed by atoms with Crippen molar-refractivity contribution >= 4 is 22.9 Å². The highest BCUT2D eigenvalue weighted by Crippen LogP contribution is 2.27. The van der Waals surface area contributed by atoms with Gasteiger partial charge in [-0.05, 0) is 37.1 Å². The molecule has 1 aromatic carbocycles. The molecule has 0 spiro atoms. The molecule has 2 aromatic heterocycles. The van der Waals surface area contributed by atoms with Gasteiger partial charge < -0.3 is 19.5 Å². The van der Waals surface area contributed by atoms with Crippen LogP contribution < -0.4 is 9.64 Å². The normalized spacial score (nSPS) is 16.8. The number of amides is 1. The molecule has 0 aliphatic carbocycles. The summed E-state index contributed by atoms with van der Waals surface area (Å²) < 4.78 is 29.4. The number of fused-ring (bicyclic) bond motifs is 1. The van der Waals surface area contributed by atoms with Crippen molar-refractivity contribution in [2.75, 3.05) is 32.1 Å². The fourth-order valence-electron chi connectivity index (χ4n) is 3.77. The molecule has 4 rings (SSSR count). The summed E-state index contributed by atoms with van der Waals surface area (Å²) >= 11 is 0. The molecule has 158 valence electrons. The Labute approximate surface area is 172 Å². The fraction of sp³-hybridized carbons (Fsp3) is 0.381. The second-order valence-corrected chi connectivity index (χ2v) is 7.55. The van der Waals surface area contributed by atoms with Crippen LogP contribution in [0.15, 0.2) is 36.4 Å². The molecular formula is C21H23F2N5O2. The van der Waals surface area contributed by atoms with Crippen molar-refractivity contribution in [3.05, 3.63) is 36.4 Å². The van der Waals surface area contributed by atoms with Crippen molar-refractivity contribution in [2.24, 2.45) is 5.92 Å². The lowest BCUT2D eigenvalue weighted by Gasteiger charge is -2.33. The molecule has 3 heterocycles. The van der Waals surface area contributed by atoms with E-state index in [9.17, 15) is 13.6 Å². The number of benzene rings is 1. The van der Waals surface area contributed by atoms with Crippen LogP contribution in [-0.2, 0) is 4.79 Å². The molecule has 1 aliphatic rings. The van der Waals surface area contributed by atoms with Crippen molar-refractivity contribution < 1.29 is 18.3 Å². The largest absolute Gasteiger partial charge is 0.435 e. The van der Waals surface area contributed by atoms with Crippen molar-refractivity contribution in [1.29, 1.82) is 0 Å². The molecule has 1 amide bonds. The maximum Gasteiger partial charge on any atom is 0.387 e. The lowest BCUT2D eigenvalue weighted by Crippen LogP contribution is -2.43. The van der Waals surface area contributed by atoms with Gasteiger partial charge in [-0.15, -0.1) is 0 Å². The molecule has 0 bridgehead atoms. The average Bonchev–Trinajstić information content (AvgIpc) is 3.16. The first-order valence-electron chi connectivity index (χ1n) is 9.79. The maximum atomic E-state index is 12.5. The van der Waals surface area contributed by atoms with Gasteiger partial charge >= 0.3 is 6.61 Å². The second kappa shape index (κ2) is 8.25. The quantitative estimate of drug-likeness (QED) is 0.690. The number of piperidine rings is 1. The molecule has 1 fully saturated rings. The molecule has 1 aliphatic heterocycles. The third-order valence-corrected chi connectivity index (χ3v) is 5.20. The Hall–Kier alpha value is -3.23. The number of aromatic nitrogens is 3. The van der Waals surface area contributed by atoms with Crippen LogP contribution in [0.2, 0.25) is 0 Å². The van der Waals surface area contributed by atoms with Crippen molar-refractivity contribution in [2.45, 2.75) is 19.5 Å². The van der Waals surface area contributed by atoms with Crippen molar-refractivity contribution in [3.8, 4) is 17.1 Å². The number of alkyl halides is 2. The minimum absolute atomic E-state index is 0.0406. The molecule has 1 atom stereocenters. The maximum absolute atomic E-state index is 12.5. The standard InChI is InChI=1S/C21H23F2N5O2/c1-27(2)20(29)14-6-4-10-28(12-14)17-9-8-16-19(25-17)26-18(24-16)13-5-3-7-15(11-13)30-21(22)23/h3,5,7-9,11,14,21H,4,6,10,12H2,1-2H3,(H,24,25,26). The predicted molar refractivity (Wildman–Crippen MR) is 110 cm³/mol. The zero-order valence-electron chi connectivity index (χ0n) is 16.8. The highest BCUT2D eigenvalue weighted by molar-refractivity contribution is 5.80.